The maximum atomic E-state index is 11.7. The van der Waals surface area contributed by atoms with E-state index in [0.29, 0.717) is 11.3 Å². The quantitative estimate of drug-likeness (QED) is 0.768. The SMILES string of the molecule is CCc1ccc(-c2[nH][nH]c(=O)c2CCC(=O)O)cc1. The van der Waals surface area contributed by atoms with Crippen molar-refractivity contribution in [2.75, 3.05) is 0 Å². The fourth-order valence-electron chi connectivity index (χ4n) is 2.01. The summed E-state index contributed by atoms with van der Waals surface area (Å²) in [5, 5.41) is 14.0. The molecule has 0 saturated heterocycles. The Kier molecular flexibility index (Phi) is 3.85. The second kappa shape index (κ2) is 5.56. The summed E-state index contributed by atoms with van der Waals surface area (Å²) in [6.07, 6.45) is 1.12. The number of carboxylic acids is 1. The number of aryl methyl sites for hydroxylation is 1. The predicted octanol–water partition coefficient (Wildman–Crippen LogP) is 1.95. The van der Waals surface area contributed by atoms with Crippen LogP contribution in [0, 0.1) is 0 Å². The third kappa shape index (κ3) is 2.93. The first kappa shape index (κ1) is 13.1. The molecule has 5 nitrogen and oxygen atoms in total. The maximum Gasteiger partial charge on any atom is 0.303 e. The Bertz CT molecular complexity index is 623. The highest BCUT2D eigenvalue weighted by Crippen LogP contribution is 2.20. The minimum Gasteiger partial charge on any atom is -0.481 e. The average molecular weight is 260 g/mol. The van der Waals surface area contributed by atoms with Crippen LogP contribution in [-0.4, -0.2) is 21.3 Å². The lowest BCUT2D eigenvalue weighted by Gasteiger charge is -2.03. The molecule has 1 aromatic heterocycles. The summed E-state index contributed by atoms with van der Waals surface area (Å²) in [6.45, 7) is 2.07. The van der Waals surface area contributed by atoms with Gasteiger partial charge in [-0.3, -0.25) is 19.8 Å². The number of nitrogens with one attached hydrogen (secondary N) is 2. The van der Waals surface area contributed by atoms with Crippen LogP contribution in [0.2, 0.25) is 0 Å². The number of aromatic amines is 2. The Morgan fingerprint density at radius 1 is 1.21 bits per heavy atom. The summed E-state index contributed by atoms with van der Waals surface area (Å²) < 4.78 is 0. The average Bonchev–Trinajstić information content (AvgIpc) is 2.78. The lowest BCUT2D eigenvalue weighted by atomic mass is 10.0. The van der Waals surface area contributed by atoms with Gasteiger partial charge >= 0.3 is 5.97 Å². The molecule has 1 heterocycles. The monoisotopic (exact) mass is 260 g/mol. The number of rotatable bonds is 5. The molecule has 0 radical (unpaired) electrons. The van der Waals surface area contributed by atoms with E-state index in [2.05, 4.69) is 17.1 Å². The second-order valence-corrected chi connectivity index (χ2v) is 4.38. The second-order valence-electron chi connectivity index (χ2n) is 4.38. The van der Waals surface area contributed by atoms with Crippen molar-refractivity contribution < 1.29 is 9.90 Å². The lowest BCUT2D eigenvalue weighted by Crippen LogP contribution is -2.08. The minimum atomic E-state index is -0.909. The van der Waals surface area contributed by atoms with E-state index in [-0.39, 0.29) is 18.4 Å². The van der Waals surface area contributed by atoms with Crippen molar-refractivity contribution in [3.63, 3.8) is 0 Å². The van der Waals surface area contributed by atoms with Gasteiger partial charge in [-0.1, -0.05) is 31.2 Å². The molecule has 100 valence electrons. The molecular formula is C14H16N2O3. The predicted molar refractivity (Wildman–Crippen MR) is 72.2 cm³/mol. The van der Waals surface area contributed by atoms with Gasteiger partial charge in [-0.25, -0.2) is 0 Å². The summed E-state index contributed by atoms with van der Waals surface area (Å²) in [5.41, 5.74) is 3.01. The fraction of sp³-hybridized carbons (Fsp3) is 0.286. The highest BCUT2D eigenvalue weighted by atomic mass is 16.4. The molecule has 0 aliphatic rings. The van der Waals surface area contributed by atoms with E-state index in [9.17, 15) is 9.59 Å². The molecule has 19 heavy (non-hydrogen) atoms. The van der Waals surface area contributed by atoms with Gasteiger partial charge < -0.3 is 5.11 Å². The van der Waals surface area contributed by atoms with Crippen LogP contribution in [0.25, 0.3) is 11.3 Å². The van der Waals surface area contributed by atoms with Gasteiger partial charge in [0.15, 0.2) is 0 Å². The van der Waals surface area contributed by atoms with Gasteiger partial charge in [0.2, 0.25) is 0 Å². The highest BCUT2D eigenvalue weighted by Gasteiger charge is 2.13. The molecule has 0 aliphatic carbocycles. The van der Waals surface area contributed by atoms with Gasteiger partial charge in [0.25, 0.3) is 5.56 Å². The molecule has 5 heteroatoms. The van der Waals surface area contributed by atoms with E-state index in [0.717, 1.165) is 12.0 Å². The van der Waals surface area contributed by atoms with Crippen molar-refractivity contribution in [1.29, 1.82) is 0 Å². The number of carbonyl (C=O) groups is 1. The molecule has 2 rings (SSSR count). The van der Waals surface area contributed by atoms with Gasteiger partial charge in [0, 0.05) is 12.0 Å². The zero-order valence-electron chi connectivity index (χ0n) is 10.7. The Balaban J connectivity index is 2.33. The zero-order valence-corrected chi connectivity index (χ0v) is 10.7. The summed E-state index contributed by atoms with van der Waals surface area (Å²) >= 11 is 0. The van der Waals surface area contributed by atoms with Crippen molar-refractivity contribution in [2.45, 2.75) is 26.2 Å². The van der Waals surface area contributed by atoms with Gasteiger partial charge in [0.05, 0.1) is 5.69 Å². The van der Waals surface area contributed by atoms with Crippen LogP contribution in [0.3, 0.4) is 0 Å². The first-order valence-electron chi connectivity index (χ1n) is 6.22. The van der Waals surface area contributed by atoms with Gasteiger partial charge in [-0.05, 0) is 24.0 Å². The summed E-state index contributed by atoms with van der Waals surface area (Å²) in [7, 11) is 0. The molecule has 0 atom stereocenters. The molecule has 2 aromatic rings. The van der Waals surface area contributed by atoms with Crippen LogP contribution in [0.5, 0.6) is 0 Å². The van der Waals surface area contributed by atoms with E-state index in [4.69, 9.17) is 5.11 Å². The Morgan fingerprint density at radius 2 is 1.89 bits per heavy atom. The number of benzene rings is 1. The van der Waals surface area contributed by atoms with E-state index in [1.165, 1.54) is 5.56 Å². The molecule has 1 aromatic carbocycles. The molecule has 0 saturated carbocycles. The number of aliphatic carboxylic acids is 1. The van der Waals surface area contributed by atoms with Crippen molar-refractivity contribution >= 4 is 5.97 Å². The Morgan fingerprint density at radius 3 is 2.47 bits per heavy atom. The van der Waals surface area contributed by atoms with Crippen molar-refractivity contribution in [1.82, 2.24) is 10.2 Å². The summed E-state index contributed by atoms with van der Waals surface area (Å²) in [6, 6.07) is 7.87. The first-order chi connectivity index (χ1) is 9.11. The van der Waals surface area contributed by atoms with Crippen molar-refractivity contribution in [3.8, 4) is 11.3 Å². The molecule has 0 unspecified atom stereocenters. The standard InChI is InChI=1S/C14H16N2O3/c1-2-9-3-5-10(6-4-9)13-11(7-8-12(17)18)14(19)16-15-13/h3-6H,2,7-8H2,1H3,(H,17,18)(H2,15,16,19). The molecule has 0 spiro atoms. The molecular weight excluding hydrogens is 244 g/mol. The summed E-state index contributed by atoms with van der Waals surface area (Å²) in [4.78, 5) is 22.3. The van der Waals surface area contributed by atoms with Crippen LogP contribution >= 0.6 is 0 Å². The Labute approximate surface area is 110 Å². The smallest absolute Gasteiger partial charge is 0.303 e. The first-order valence-corrected chi connectivity index (χ1v) is 6.22. The van der Waals surface area contributed by atoms with Crippen molar-refractivity contribution in [3.05, 3.63) is 45.7 Å². The number of H-pyrrole nitrogens is 2. The van der Waals surface area contributed by atoms with E-state index in [1.807, 2.05) is 24.3 Å². The molecule has 0 amide bonds. The van der Waals surface area contributed by atoms with E-state index < -0.39 is 5.97 Å². The molecule has 0 fully saturated rings. The molecule has 0 bridgehead atoms. The van der Waals surface area contributed by atoms with Crippen LogP contribution < -0.4 is 5.56 Å². The van der Waals surface area contributed by atoms with Crippen molar-refractivity contribution in [2.24, 2.45) is 0 Å². The van der Waals surface area contributed by atoms with E-state index in [1.54, 1.807) is 0 Å². The van der Waals surface area contributed by atoms with Crippen LogP contribution in [-0.2, 0) is 17.6 Å². The highest BCUT2D eigenvalue weighted by molar-refractivity contribution is 5.68. The maximum absolute atomic E-state index is 11.7. The number of hydrogen-bond acceptors (Lipinski definition) is 2. The van der Waals surface area contributed by atoms with Gasteiger partial charge in [-0.2, -0.15) is 0 Å². The molecule has 0 aliphatic heterocycles. The fourth-order valence-corrected chi connectivity index (χ4v) is 2.01. The topological polar surface area (TPSA) is 86.0 Å². The Hall–Kier alpha value is -2.30. The van der Waals surface area contributed by atoms with Gasteiger partial charge in [0.1, 0.15) is 0 Å². The summed E-state index contributed by atoms with van der Waals surface area (Å²) in [5.74, 6) is -0.909. The number of carboxylic acid groups (broad SMARTS) is 1. The van der Waals surface area contributed by atoms with E-state index >= 15 is 0 Å². The van der Waals surface area contributed by atoms with Crippen LogP contribution in [0.1, 0.15) is 24.5 Å². The third-order valence-corrected chi connectivity index (χ3v) is 3.12. The van der Waals surface area contributed by atoms with Crippen LogP contribution in [0.4, 0.5) is 0 Å². The largest absolute Gasteiger partial charge is 0.481 e. The number of hydrogen-bond donors (Lipinski definition) is 3. The lowest BCUT2D eigenvalue weighted by molar-refractivity contribution is -0.136. The third-order valence-electron chi connectivity index (χ3n) is 3.12. The number of aromatic nitrogens is 2. The normalized spacial score (nSPS) is 10.6. The minimum absolute atomic E-state index is 0.0546. The van der Waals surface area contributed by atoms with Gasteiger partial charge in [-0.15, -0.1) is 0 Å². The molecule has 3 N–H and O–H groups in total. The van der Waals surface area contributed by atoms with Crippen LogP contribution in [0.15, 0.2) is 29.1 Å². The zero-order chi connectivity index (χ0) is 13.8.